The Morgan fingerprint density at radius 1 is 1.29 bits per heavy atom. The first-order chi connectivity index (χ1) is 18.3. The van der Waals surface area contributed by atoms with E-state index in [1.807, 2.05) is 32.0 Å². The van der Waals surface area contributed by atoms with Gasteiger partial charge in [-0.15, -0.1) is 0 Å². The second-order valence-electron chi connectivity index (χ2n) is 8.95. The molecule has 0 radical (unpaired) electrons. The Bertz CT molecular complexity index is 1630. The number of carbonyl (C=O) groups is 2. The van der Waals surface area contributed by atoms with Gasteiger partial charge in [-0.25, -0.2) is 14.2 Å². The third kappa shape index (κ3) is 3.83. The van der Waals surface area contributed by atoms with Crippen LogP contribution in [0.25, 0.3) is 28.2 Å². The van der Waals surface area contributed by atoms with Crippen LogP contribution in [-0.4, -0.2) is 41.0 Å². The van der Waals surface area contributed by atoms with E-state index in [9.17, 15) is 9.59 Å². The van der Waals surface area contributed by atoms with Crippen LogP contribution in [0.4, 0.5) is 20.7 Å². The van der Waals surface area contributed by atoms with Crippen molar-refractivity contribution in [1.29, 1.82) is 0 Å². The zero-order chi connectivity index (χ0) is 26.6. The Hall–Kier alpha value is -4.80. The van der Waals surface area contributed by atoms with Gasteiger partial charge >= 0.3 is 6.16 Å². The first-order valence-electron chi connectivity index (χ1n) is 12.0. The molecule has 0 aliphatic carbocycles. The monoisotopic (exact) mass is 518 g/mol. The number of para-hydroxylation sites is 1. The van der Waals surface area contributed by atoms with E-state index >= 15 is 4.39 Å². The Morgan fingerprint density at radius 3 is 2.87 bits per heavy atom. The molecule has 1 atom stereocenters. The molecule has 4 aromatic rings. The van der Waals surface area contributed by atoms with Gasteiger partial charge in [-0.2, -0.15) is 0 Å². The van der Waals surface area contributed by atoms with E-state index in [-0.39, 0.29) is 24.8 Å². The van der Waals surface area contributed by atoms with Gasteiger partial charge in [0.2, 0.25) is 0 Å². The Morgan fingerprint density at radius 2 is 2.13 bits per heavy atom. The van der Waals surface area contributed by atoms with Gasteiger partial charge in [0.15, 0.2) is 13.2 Å². The van der Waals surface area contributed by atoms with Crippen molar-refractivity contribution in [2.24, 2.45) is 5.73 Å². The van der Waals surface area contributed by atoms with Gasteiger partial charge in [-0.1, -0.05) is 25.1 Å². The maximum atomic E-state index is 15.2. The van der Waals surface area contributed by atoms with Crippen LogP contribution in [0, 0.1) is 12.7 Å². The first-order valence-corrected chi connectivity index (χ1v) is 12.0. The van der Waals surface area contributed by atoms with Gasteiger partial charge in [-0.3, -0.25) is 9.20 Å². The number of nitrogens with one attached hydrogen (secondary N) is 1. The number of cyclic esters (lactones) is 2. The number of hydrogen-bond acceptors (Lipinski definition) is 8. The van der Waals surface area contributed by atoms with Crippen LogP contribution in [0.2, 0.25) is 0 Å². The number of ether oxygens (including phenoxy) is 4. The molecule has 0 spiro atoms. The zero-order valence-corrected chi connectivity index (χ0v) is 20.5. The van der Waals surface area contributed by atoms with Gasteiger partial charge in [0.05, 0.1) is 11.4 Å². The van der Waals surface area contributed by atoms with Crippen molar-refractivity contribution >= 4 is 29.2 Å². The lowest BCUT2D eigenvalue weighted by molar-refractivity contribution is -0.119. The van der Waals surface area contributed by atoms with Gasteiger partial charge < -0.3 is 30.0 Å². The molecular formula is C27H23FN4O6. The summed E-state index contributed by atoms with van der Waals surface area (Å²) in [6, 6.07) is 12.0. The van der Waals surface area contributed by atoms with Crippen LogP contribution in [0.5, 0.6) is 11.5 Å². The van der Waals surface area contributed by atoms with E-state index in [0.717, 1.165) is 22.4 Å². The number of hydrogen-bond donors (Lipinski definition) is 2. The molecule has 2 aromatic heterocycles. The molecule has 0 saturated carbocycles. The van der Waals surface area contributed by atoms with E-state index in [1.165, 1.54) is 6.07 Å². The minimum Gasteiger partial charge on any atom is -0.483 e. The average Bonchev–Trinajstić information content (AvgIpc) is 3.47. The van der Waals surface area contributed by atoms with Crippen molar-refractivity contribution in [2.45, 2.75) is 26.6 Å². The summed E-state index contributed by atoms with van der Waals surface area (Å²) in [4.78, 5) is 27.8. The summed E-state index contributed by atoms with van der Waals surface area (Å²) in [5, 5.41) is 3.45. The molecule has 3 N–H and O–H groups in total. The van der Waals surface area contributed by atoms with E-state index < -0.39 is 18.4 Å². The number of carbonyl (C=O) groups excluding carboxylic acids is 2. The lowest BCUT2D eigenvalue weighted by Gasteiger charge is -2.24. The number of nitrogens with two attached hydrogens (primary N) is 1. The highest BCUT2D eigenvalue weighted by atomic mass is 19.1. The fourth-order valence-electron chi connectivity index (χ4n) is 4.84. The molecule has 1 fully saturated rings. The third-order valence-electron chi connectivity index (χ3n) is 6.48. The van der Waals surface area contributed by atoms with Crippen LogP contribution in [-0.2, 0) is 20.7 Å². The summed E-state index contributed by atoms with van der Waals surface area (Å²) in [7, 11) is 0. The summed E-state index contributed by atoms with van der Waals surface area (Å²) >= 11 is 0. The molecule has 0 bridgehead atoms. The molecule has 1 amide bonds. The highest BCUT2D eigenvalue weighted by Crippen LogP contribution is 2.47. The van der Waals surface area contributed by atoms with Crippen molar-refractivity contribution in [3.05, 3.63) is 59.4 Å². The minimum absolute atomic E-state index is 0.0624. The largest absolute Gasteiger partial charge is 0.511 e. The highest BCUT2D eigenvalue weighted by Gasteiger charge is 2.31. The molecule has 2 aliphatic heterocycles. The van der Waals surface area contributed by atoms with Crippen LogP contribution >= 0.6 is 0 Å². The molecule has 194 valence electrons. The molecule has 4 heterocycles. The minimum atomic E-state index is -0.926. The number of rotatable bonds is 7. The SMILES string of the molecule is CCc1cc(OC2COC(=O)O2)cc(OCC(N)=O)c1-c1nc2ccc(F)c3n2c1Nc1c(C)cccc1-3. The zero-order valence-electron chi connectivity index (χ0n) is 20.5. The summed E-state index contributed by atoms with van der Waals surface area (Å²) in [5.74, 6) is 0.131. The molecule has 38 heavy (non-hydrogen) atoms. The first kappa shape index (κ1) is 23.6. The number of anilines is 2. The van der Waals surface area contributed by atoms with Gasteiger partial charge in [-0.05, 0) is 42.7 Å². The van der Waals surface area contributed by atoms with Crippen LogP contribution in [0.3, 0.4) is 0 Å². The number of primary amides is 1. The predicted molar refractivity (Wildman–Crippen MR) is 135 cm³/mol. The van der Waals surface area contributed by atoms with Crippen LogP contribution < -0.4 is 20.5 Å². The number of amides is 1. The van der Waals surface area contributed by atoms with Crippen molar-refractivity contribution in [2.75, 3.05) is 18.5 Å². The fraction of sp³-hybridized carbons (Fsp3) is 0.222. The maximum absolute atomic E-state index is 15.2. The maximum Gasteiger partial charge on any atom is 0.511 e. The molecule has 11 heteroatoms. The van der Waals surface area contributed by atoms with E-state index in [1.54, 1.807) is 22.6 Å². The Kier molecular flexibility index (Phi) is 5.55. The number of aromatic nitrogens is 2. The number of aryl methyl sites for hydroxylation is 2. The Labute approximate surface area is 216 Å². The van der Waals surface area contributed by atoms with E-state index in [4.69, 9.17) is 29.7 Å². The Balaban J connectivity index is 1.56. The molecular weight excluding hydrogens is 495 g/mol. The number of fused-ring (bicyclic) bond motifs is 2. The molecule has 1 saturated heterocycles. The second kappa shape index (κ2) is 8.94. The highest BCUT2D eigenvalue weighted by molar-refractivity contribution is 5.94. The van der Waals surface area contributed by atoms with Crippen molar-refractivity contribution in [3.8, 4) is 34.0 Å². The van der Waals surface area contributed by atoms with Crippen molar-refractivity contribution in [3.63, 3.8) is 0 Å². The van der Waals surface area contributed by atoms with Crippen molar-refractivity contribution in [1.82, 2.24) is 9.38 Å². The van der Waals surface area contributed by atoms with Gasteiger partial charge in [0.1, 0.15) is 34.5 Å². The predicted octanol–water partition coefficient (Wildman–Crippen LogP) is 4.47. The number of benzene rings is 2. The topological polar surface area (TPSA) is 126 Å². The molecule has 6 rings (SSSR count). The molecule has 10 nitrogen and oxygen atoms in total. The van der Waals surface area contributed by atoms with Crippen LogP contribution in [0.15, 0.2) is 42.5 Å². The summed E-state index contributed by atoms with van der Waals surface area (Å²) < 4.78 is 38.4. The molecule has 1 unspecified atom stereocenters. The number of pyridine rings is 1. The van der Waals surface area contributed by atoms with E-state index in [0.29, 0.717) is 40.6 Å². The summed E-state index contributed by atoms with van der Waals surface area (Å²) in [5.41, 5.74) is 10.6. The fourth-order valence-corrected chi connectivity index (χ4v) is 4.84. The second-order valence-corrected chi connectivity index (χ2v) is 8.95. The quantitative estimate of drug-likeness (QED) is 0.302. The smallest absolute Gasteiger partial charge is 0.483 e. The van der Waals surface area contributed by atoms with Crippen molar-refractivity contribution < 1.29 is 32.9 Å². The third-order valence-corrected chi connectivity index (χ3v) is 6.48. The lowest BCUT2D eigenvalue weighted by atomic mass is 9.98. The molecule has 2 aliphatic rings. The van der Waals surface area contributed by atoms with Crippen LogP contribution in [0.1, 0.15) is 18.1 Å². The standard InChI is InChI=1S/C27H23FN4O6/c1-3-14-9-15(37-21-12-36-27(34)38-21)10-18(35-11-19(29)33)22(14)24-26-31-23-13(2)5-4-6-16(23)25-17(28)7-8-20(30-24)32(25)26/h4-10,21,31H,3,11-12H2,1-2H3,(H2,29,33). The van der Waals surface area contributed by atoms with Gasteiger partial charge in [0, 0.05) is 17.2 Å². The summed E-state index contributed by atoms with van der Waals surface area (Å²) in [6.45, 7) is 3.44. The number of halogens is 1. The lowest BCUT2D eigenvalue weighted by Crippen LogP contribution is -2.21. The summed E-state index contributed by atoms with van der Waals surface area (Å²) in [6.07, 6.45) is -1.21. The van der Waals surface area contributed by atoms with Gasteiger partial charge in [0.25, 0.3) is 12.2 Å². The normalized spacial score (nSPS) is 15.4. The molecule has 2 aromatic carbocycles. The number of nitrogens with zero attached hydrogens (tertiary/aromatic N) is 2. The average molecular weight is 519 g/mol. The number of imidazole rings is 1. The van der Waals surface area contributed by atoms with E-state index in [2.05, 4.69) is 5.32 Å².